The second-order valence-electron chi connectivity index (χ2n) is 7.38. The molecule has 1 aromatic heterocycles. The van der Waals surface area contributed by atoms with Gasteiger partial charge in [-0.1, -0.05) is 18.2 Å². The summed E-state index contributed by atoms with van der Waals surface area (Å²) in [5, 5.41) is 3.39. The van der Waals surface area contributed by atoms with Crippen LogP contribution in [0.3, 0.4) is 0 Å². The average Bonchev–Trinajstić information content (AvgIpc) is 3.22. The molecule has 0 aliphatic heterocycles. The summed E-state index contributed by atoms with van der Waals surface area (Å²) >= 11 is 0. The number of nitrogens with one attached hydrogen (secondary N) is 1. The number of likely N-dealkylation sites (N-methyl/N-ethyl adjacent to an activating group) is 1. The second kappa shape index (κ2) is 13.1. The highest BCUT2D eigenvalue weighted by molar-refractivity contribution is 14.0. The molecule has 0 unspecified atom stereocenters. The van der Waals surface area contributed by atoms with Crippen molar-refractivity contribution in [1.82, 2.24) is 19.8 Å². The van der Waals surface area contributed by atoms with Gasteiger partial charge in [0.1, 0.15) is 0 Å². The van der Waals surface area contributed by atoms with E-state index in [9.17, 15) is 0 Å². The van der Waals surface area contributed by atoms with Crippen LogP contribution >= 0.6 is 24.0 Å². The Morgan fingerprint density at radius 1 is 1.12 bits per heavy atom. The number of guanidine groups is 1. The van der Waals surface area contributed by atoms with Gasteiger partial charge in [0.2, 0.25) is 0 Å². The smallest absolute Gasteiger partial charge is 0.193 e. The molecule has 0 aliphatic rings. The molecule has 0 atom stereocenters. The van der Waals surface area contributed by atoms with E-state index in [1.54, 1.807) is 14.2 Å². The van der Waals surface area contributed by atoms with Gasteiger partial charge in [-0.25, -0.2) is 4.98 Å². The molecule has 1 N–H and O–H groups in total. The zero-order valence-electron chi connectivity index (χ0n) is 19.4. The van der Waals surface area contributed by atoms with E-state index in [2.05, 4.69) is 51.9 Å². The van der Waals surface area contributed by atoms with Crippen molar-refractivity contribution in [2.45, 2.75) is 26.3 Å². The summed E-state index contributed by atoms with van der Waals surface area (Å²) < 4.78 is 12.9. The van der Waals surface area contributed by atoms with Crippen molar-refractivity contribution in [3.8, 4) is 11.5 Å². The summed E-state index contributed by atoms with van der Waals surface area (Å²) in [6.45, 7) is 5.45. The van der Waals surface area contributed by atoms with Gasteiger partial charge in [-0.15, -0.1) is 24.0 Å². The lowest BCUT2D eigenvalue weighted by Crippen LogP contribution is -2.40. The predicted octanol–water partition coefficient (Wildman–Crippen LogP) is 4.20. The van der Waals surface area contributed by atoms with Crippen LogP contribution in [0, 0.1) is 0 Å². The molecular weight excluding hydrogens is 517 g/mol. The largest absolute Gasteiger partial charge is 0.493 e. The number of aliphatic imine (C=N–C) groups is 1. The molecule has 174 valence electrons. The standard InChI is InChI=1S/C24H33N5O2.HI/c1-5-25-24(26-14-8-15-29-18-27-20-9-6-7-10-21(20)29)28(2)16-13-19-11-12-22(30-3)23(17-19)31-4;/h6-7,9-12,17-18H,5,8,13-16H2,1-4H3,(H,25,26);1H. The highest BCUT2D eigenvalue weighted by atomic mass is 127. The quantitative estimate of drug-likeness (QED) is 0.177. The first-order valence-electron chi connectivity index (χ1n) is 10.8. The van der Waals surface area contributed by atoms with Crippen LogP contribution in [-0.2, 0) is 13.0 Å². The topological polar surface area (TPSA) is 63.9 Å². The Labute approximate surface area is 207 Å². The van der Waals surface area contributed by atoms with E-state index in [4.69, 9.17) is 14.5 Å². The van der Waals surface area contributed by atoms with Gasteiger partial charge in [-0.05, 0) is 49.6 Å². The molecule has 0 amide bonds. The summed E-state index contributed by atoms with van der Waals surface area (Å²) in [5.41, 5.74) is 3.41. The molecular formula is C24H34IN5O2. The van der Waals surface area contributed by atoms with Gasteiger partial charge in [0.05, 0.1) is 31.6 Å². The predicted molar refractivity (Wildman–Crippen MR) is 142 cm³/mol. The molecule has 8 heteroatoms. The summed E-state index contributed by atoms with van der Waals surface area (Å²) in [6.07, 6.45) is 3.76. The third-order valence-electron chi connectivity index (χ3n) is 5.23. The summed E-state index contributed by atoms with van der Waals surface area (Å²) in [4.78, 5) is 11.4. The number of benzene rings is 2. The zero-order valence-corrected chi connectivity index (χ0v) is 21.7. The number of aryl methyl sites for hydroxylation is 1. The Hall–Kier alpha value is -2.49. The number of halogens is 1. The molecule has 0 aliphatic carbocycles. The van der Waals surface area contributed by atoms with Crippen LogP contribution in [0.25, 0.3) is 11.0 Å². The number of aromatic nitrogens is 2. The molecule has 32 heavy (non-hydrogen) atoms. The molecule has 0 fully saturated rings. The fourth-order valence-electron chi connectivity index (χ4n) is 3.52. The van der Waals surface area contributed by atoms with Gasteiger partial charge in [-0.3, -0.25) is 4.99 Å². The van der Waals surface area contributed by atoms with Crippen LogP contribution in [0.15, 0.2) is 53.8 Å². The van der Waals surface area contributed by atoms with Crippen LogP contribution < -0.4 is 14.8 Å². The lowest BCUT2D eigenvalue weighted by atomic mass is 10.1. The van der Waals surface area contributed by atoms with E-state index in [1.165, 1.54) is 11.1 Å². The molecule has 0 saturated carbocycles. The van der Waals surface area contributed by atoms with Crippen LogP contribution in [0.4, 0.5) is 0 Å². The summed E-state index contributed by atoms with van der Waals surface area (Å²) in [6, 6.07) is 14.3. The molecule has 7 nitrogen and oxygen atoms in total. The number of hydrogen-bond donors (Lipinski definition) is 1. The normalized spacial score (nSPS) is 11.2. The van der Waals surface area contributed by atoms with Crippen molar-refractivity contribution < 1.29 is 9.47 Å². The Morgan fingerprint density at radius 2 is 1.91 bits per heavy atom. The molecule has 2 aromatic carbocycles. The van der Waals surface area contributed by atoms with Crippen molar-refractivity contribution in [3.63, 3.8) is 0 Å². The van der Waals surface area contributed by atoms with E-state index in [1.807, 2.05) is 30.6 Å². The van der Waals surface area contributed by atoms with E-state index < -0.39 is 0 Å². The van der Waals surface area contributed by atoms with Crippen molar-refractivity contribution in [3.05, 3.63) is 54.4 Å². The van der Waals surface area contributed by atoms with Gasteiger partial charge < -0.3 is 24.3 Å². The molecule has 0 saturated heterocycles. The van der Waals surface area contributed by atoms with Crippen LogP contribution in [0.5, 0.6) is 11.5 Å². The molecule has 1 heterocycles. The Kier molecular flexibility index (Phi) is 10.6. The maximum Gasteiger partial charge on any atom is 0.193 e. The van der Waals surface area contributed by atoms with Crippen LogP contribution in [0.2, 0.25) is 0 Å². The number of nitrogens with zero attached hydrogens (tertiary/aromatic N) is 4. The number of hydrogen-bond acceptors (Lipinski definition) is 4. The van der Waals surface area contributed by atoms with Crippen molar-refractivity contribution in [2.24, 2.45) is 4.99 Å². The number of imidazole rings is 1. The van der Waals surface area contributed by atoms with Gasteiger partial charge in [0.25, 0.3) is 0 Å². The van der Waals surface area contributed by atoms with Gasteiger partial charge in [0, 0.05) is 33.2 Å². The summed E-state index contributed by atoms with van der Waals surface area (Å²) in [7, 11) is 5.39. The maximum absolute atomic E-state index is 5.41. The zero-order chi connectivity index (χ0) is 22.1. The average molecular weight is 551 g/mol. The van der Waals surface area contributed by atoms with Gasteiger partial charge in [-0.2, -0.15) is 0 Å². The highest BCUT2D eigenvalue weighted by Gasteiger charge is 2.09. The summed E-state index contributed by atoms with van der Waals surface area (Å²) in [5.74, 6) is 2.44. The molecule has 0 spiro atoms. The number of rotatable bonds is 10. The Morgan fingerprint density at radius 3 is 2.66 bits per heavy atom. The van der Waals surface area contributed by atoms with Crippen molar-refractivity contribution in [2.75, 3.05) is 40.9 Å². The van der Waals surface area contributed by atoms with E-state index in [0.717, 1.165) is 62.0 Å². The number of fused-ring (bicyclic) bond motifs is 1. The SMILES string of the molecule is CCNC(=NCCCn1cnc2ccccc21)N(C)CCc1ccc(OC)c(OC)c1.I. The third-order valence-corrected chi connectivity index (χ3v) is 5.23. The molecule has 3 rings (SSSR count). The Balaban J connectivity index is 0.00000363. The first-order chi connectivity index (χ1) is 15.2. The number of para-hydroxylation sites is 2. The van der Waals surface area contributed by atoms with Crippen molar-refractivity contribution in [1.29, 1.82) is 0 Å². The van der Waals surface area contributed by atoms with E-state index in [-0.39, 0.29) is 24.0 Å². The molecule has 0 radical (unpaired) electrons. The van der Waals surface area contributed by atoms with Gasteiger partial charge in [0.15, 0.2) is 17.5 Å². The number of ether oxygens (including phenoxy) is 2. The van der Waals surface area contributed by atoms with Crippen LogP contribution in [0.1, 0.15) is 18.9 Å². The van der Waals surface area contributed by atoms with E-state index in [0.29, 0.717) is 0 Å². The van der Waals surface area contributed by atoms with Crippen LogP contribution in [-0.4, -0.2) is 61.3 Å². The Bertz CT molecular complexity index is 1000. The lowest BCUT2D eigenvalue weighted by molar-refractivity contribution is 0.354. The fourth-order valence-corrected chi connectivity index (χ4v) is 3.52. The third kappa shape index (κ3) is 6.75. The first-order valence-corrected chi connectivity index (χ1v) is 10.8. The second-order valence-corrected chi connectivity index (χ2v) is 7.38. The monoisotopic (exact) mass is 551 g/mol. The number of methoxy groups -OCH3 is 2. The lowest BCUT2D eigenvalue weighted by Gasteiger charge is -2.22. The minimum atomic E-state index is 0. The van der Waals surface area contributed by atoms with E-state index >= 15 is 0 Å². The molecule has 0 bridgehead atoms. The van der Waals surface area contributed by atoms with Crippen molar-refractivity contribution >= 4 is 41.0 Å². The first kappa shape index (κ1) is 25.8. The fraction of sp³-hybridized carbons (Fsp3) is 0.417. The van der Waals surface area contributed by atoms with Gasteiger partial charge >= 0.3 is 0 Å². The highest BCUT2D eigenvalue weighted by Crippen LogP contribution is 2.27. The maximum atomic E-state index is 5.41. The minimum Gasteiger partial charge on any atom is -0.493 e. The molecule has 3 aromatic rings. The minimum absolute atomic E-state index is 0.